The second kappa shape index (κ2) is 12.0. The number of ether oxygens (including phenoxy) is 1. The zero-order chi connectivity index (χ0) is 27.1. The molecule has 11 nitrogen and oxygen atoms in total. The SMILES string of the molecule is C=CC(=O)N1CCC[C@@H](Nc2nnc(C(N)=O)c(Nc3ccc(C(=O)OCc4ccccc4)cc3)n2)[C@H]1C. The molecule has 2 aromatic carbocycles. The summed E-state index contributed by atoms with van der Waals surface area (Å²) < 4.78 is 5.36. The molecule has 1 fully saturated rings. The van der Waals surface area contributed by atoms with E-state index in [9.17, 15) is 14.4 Å². The molecule has 0 bridgehead atoms. The Hall–Kier alpha value is -4.80. The van der Waals surface area contributed by atoms with Gasteiger partial charge in [-0.1, -0.05) is 36.9 Å². The molecule has 196 valence electrons. The fourth-order valence-corrected chi connectivity index (χ4v) is 4.20. The molecule has 38 heavy (non-hydrogen) atoms. The number of nitrogens with two attached hydrogens (primary N) is 1. The summed E-state index contributed by atoms with van der Waals surface area (Å²) in [6.45, 7) is 6.32. The van der Waals surface area contributed by atoms with Crippen molar-refractivity contribution in [3.8, 4) is 0 Å². The monoisotopic (exact) mass is 515 g/mol. The third-order valence-corrected chi connectivity index (χ3v) is 6.28. The maximum Gasteiger partial charge on any atom is 0.338 e. The molecule has 11 heteroatoms. The van der Waals surface area contributed by atoms with Gasteiger partial charge in [0.2, 0.25) is 11.9 Å². The maximum atomic E-state index is 12.4. The summed E-state index contributed by atoms with van der Waals surface area (Å²) in [7, 11) is 0. The van der Waals surface area contributed by atoms with Crippen LogP contribution in [0.3, 0.4) is 0 Å². The zero-order valence-corrected chi connectivity index (χ0v) is 21.0. The molecule has 3 aromatic rings. The van der Waals surface area contributed by atoms with E-state index in [-0.39, 0.29) is 42.1 Å². The average Bonchev–Trinajstić information content (AvgIpc) is 2.93. The third-order valence-electron chi connectivity index (χ3n) is 6.28. The van der Waals surface area contributed by atoms with Crippen LogP contribution in [0.4, 0.5) is 17.5 Å². The Bertz CT molecular complexity index is 1310. The molecule has 0 aliphatic carbocycles. The van der Waals surface area contributed by atoms with Gasteiger partial charge >= 0.3 is 5.97 Å². The molecular weight excluding hydrogens is 486 g/mol. The molecule has 1 aromatic heterocycles. The lowest BCUT2D eigenvalue weighted by Gasteiger charge is -2.39. The van der Waals surface area contributed by atoms with Crippen LogP contribution >= 0.6 is 0 Å². The minimum Gasteiger partial charge on any atom is -0.457 e. The lowest BCUT2D eigenvalue weighted by molar-refractivity contribution is -0.129. The van der Waals surface area contributed by atoms with Crippen LogP contribution in [-0.2, 0) is 16.1 Å². The predicted molar refractivity (Wildman–Crippen MR) is 142 cm³/mol. The lowest BCUT2D eigenvalue weighted by atomic mass is 9.97. The highest BCUT2D eigenvalue weighted by Crippen LogP contribution is 2.23. The average molecular weight is 516 g/mol. The third kappa shape index (κ3) is 6.30. The number of piperidine rings is 1. The summed E-state index contributed by atoms with van der Waals surface area (Å²) in [6.07, 6.45) is 2.90. The highest BCUT2D eigenvalue weighted by atomic mass is 16.5. The second-order valence-corrected chi connectivity index (χ2v) is 8.83. The van der Waals surface area contributed by atoms with Gasteiger partial charge in [0, 0.05) is 24.3 Å². The van der Waals surface area contributed by atoms with Crippen molar-refractivity contribution in [2.24, 2.45) is 5.73 Å². The van der Waals surface area contributed by atoms with E-state index < -0.39 is 11.9 Å². The minimum absolute atomic E-state index is 0.108. The number of aromatic nitrogens is 3. The molecule has 0 radical (unpaired) electrons. The Morgan fingerprint density at radius 1 is 1.13 bits per heavy atom. The maximum absolute atomic E-state index is 12.4. The van der Waals surface area contributed by atoms with Gasteiger partial charge in [-0.25, -0.2) is 4.79 Å². The molecule has 2 amide bonds. The summed E-state index contributed by atoms with van der Waals surface area (Å²) in [6, 6.07) is 15.7. The Morgan fingerprint density at radius 2 is 1.87 bits per heavy atom. The van der Waals surface area contributed by atoms with Crippen LogP contribution in [0.15, 0.2) is 67.3 Å². The van der Waals surface area contributed by atoms with E-state index in [0.29, 0.717) is 17.8 Å². The van der Waals surface area contributed by atoms with Gasteiger partial charge in [-0.05, 0) is 55.7 Å². The summed E-state index contributed by atoms with van der Waals surface area (Å²) in [5.41, 5.74) is 7.15. The molecule has 4 rings (SSSR count). The first-order valence-corrected chi connectivity index (χ1v) is 12.2. The van der Waals surface area contributed by atoms with E-state index in [1.165, 1.54) is 6.08 Å². The molecule has 4 N–H and O–H groups in total. The van der Waals surface area contributed by atoms with Crippen LogP contribution < -0.4 is 16.4 Å². The van der Waals surface area contributed by atoms with Gasteiger partial charge in [-0.3, -0.25) is 9.59 Å². The standard InChI is InChI=1S/C27H29N7O4/c1-3-22(35)34-15-7-10-21(17(34)2)30-27-31-25(23(24(28)36)32-33-27)29-20-13-11-19(12-14-20)26(37)38-16-18-8-5-4-6-9-18/h3-6,8-9,11-14,17,21H,1,7,10,15-16H2,2H3,(H2,28,36)(H2,29,30,31,33)/t17-,21-/m1/s1. The number of primary amides is 1. The Labute approximate surface area is 220 Å². The van der Waals surface area contributed by atoms with E-state index in [0.717, 1.165) is 18.4 Å². The van der Waals surface area contributed by atoms with Crippen LogP contribution in [0.1, 0.15) is 46.2 Å². The summed E-state index contributed by atoms with van der Waals surface area (Å²) in [4.78, 5) is 42.7. The van der Waals surface area contributed by atoms with Gasteiger partial charge in [0.05, 0.1) is 5.56 Å². The first kappa shape index (κ1) is 26.3. The van der Waals surface area contributed by atoms with Crippen molar-refractivity contribution < 1.29 is 19.1 Å². The lowest BCUT2D eigenvalue weighted by Crippen LogP contribution is -2.51. The Morgan fingerprint density at radius 3 is 2.55 bits per heavy atom. The molecule has 2 atom stereocenters. The number of nitrogens with one attached hydrogen (secondary N) is 2. The molecule has 0 spiro atoms. The van der Waals surface area contributed by atoms with Crippen LogP contribution in [0.25, 0.3) is 0 Å². The highest BCUT2D eigenvalue weighted by molar-refractivity contribution is 5.96. The zero-order valence-electron chi connectivity index (χ0n) is 21.0. The fourth-order valence-electron chi connectivity index (χ4n) is 4.20. The molecule has 1 saturated heterocycles. The topological polar surface area (TPSA) is 152 Å². The number of anilines is 3. The van der Waals surface area contributed by atoms with Crippen molar-refractivity contribution in [1.82, 2.24) is 20.1 Å². The number of nitrogens with zero attached hydrogens (tertiary/aromatic N) is 4. The van der Waals surface area contributed by atoms with Crippen molar-refractivity contribution in [1.29, 1.82) is 0 Å². The molecule has 0 unspecified atom stereocenters. The van der Waals surface area contributed by atoms with Gasteiger partial charge in [0.15, 0.2) is 11.5 Å². The second-order valence-electron chi connectivity index (χ2n) is 8.83. The molecule has 0 saturated carbocycles. The van der Waals surface area contributed by atoms with Gasteiger partial charge in [0.25, 0.3) is 5.91 Å². The minimum atomic E-state index is -0.797. The van der Waals surface area contributed by atoms with Gasteiger partial charge < -0.3 is 26.0 Å². The van der Waals surface area contributed by atoms with Crippen molar-refractivity contribution in [3.05, 3.63) is 84.1 Å². The number of hydrogen-bond acceptors (Lipinski definition) is 9. The Kier molecular flexibility index (Phi) is 8.27. The largest absolute Gasteiger partial charge is 0.457 e. The summed E-state index contributed by atoms with van der Waals surface area (Å²) in [5.74, 6) is -1.10. The van der Waals surface area contributed by atoms with Crippen LogP contribution in [0.2, 0.25) is 0 Å². The molecule has 1 aliphatic heterocycles. The quantitative estimate of drug-likeness (QED) is 0.288. The number of likely N-dealkylation sites (tertiary alicyclic amines) is 1. The fraction of sp³-hybridized carbons (Fsp3) is 0.259. The molecule has 1 aliphatic rings. The highest BCUT2D eigenvalue weighted by Gasteiger charge is 2.30. The van der Waals surface area contributed by atoms with Crippen molar-refractivity contribution >= 4 is 35.2 Å². The Balaban J connectivity index is 1.45. The van der Waals surface area contributed by atoms with E-state index in [1.807, 2.05) is 37.3 Å². The number of rotatable bonds is 9. The normalized spacial score (nSPS) is 16.8. The van der Waals surface area contributed by atoms with Crippen molar-refractivity contribution in [3.63, 3.8) is 0 Å². The van der Waals surface area contributed by atoms with E-state index in [2.05, 4.69) is 32.4 Å². The van der Waals surface area contributed by atoms with Crippen LogP contribution in [-0.4, -0.2) is 56.5 Å². The summed E-state index contributed by atoms with van der Waals surface area (Å²) in [5, 5.41) is 14.2. The van der Waals surface area contributed by atoms with Crippen molar-refractivity contribution in [2.45, 2.75) is 38.5 Å². The van der Waals surface area contributed by atoms with E-state index in [1.54, 1.807) is 29.2 Å². The van der Waals surface area contributed by atoms with Crippen molar-refractivity contribution in [2.75, 3.05) is 17.2 Å². The smallest absolute Gasteiger partial charge is 0.338 e. The summed E-state index contributed by atoms with van der Waals surface area (Å²) >= 11 is 0. The van der Waals surface area contributed by atoms with Gasteiger partial charge in [-0.15, -0.1) is 10.2 Å². The number of hydrogen-bond donors (Lipinski definition) is 3. The number of amides is 2. The van der Waals surface area contributed by atoms with E-state index >= 15 is 0 Å². The first-order valence-electron chi connectivity index (χ1n) is 12.2. The number of carbonyl (C=O) groups is 3. The number of esters is 1. The first-order chi connectivity index (χ1) is 18.4. The molecular formula is C27H29N7O4. The van der Waals surface area contributed by atoms with E-state index in [4.69, 9.17) is 10.5 Å². The predicted octanol–water partition coefficient (Wildman–Crippen LogP) is 3.05. The van der Waals surface area contributed by atoms with Gasteiger partial charge in [0.1, 0.15) is 6.61 Å². The molecule has 2 heterocycles. The number of benzene rings is 2. The van der Waals surface area contributed by atoms with Crippen LogP contribution in [0.5, 0.6) is 0 Å². The van der Waals surface area contributed by atoms with Gasteiger partial charge in [-0.2, -0.15) is 4.98 Å². The van der Waals surface area contributed by atoms with Crippen LogP contribution in [0, 0.1) is 0 Å². The number of carbonyl (C=O) groups excluding carboxylic acids is 3.